The van der Waals surface area contributed by atoms with Crippen LogP contribution in [-0.2, 0) is 0 Å². The van der Waals surface area contributed by atoms with Crippen molar-refractivity contribution < 1.29 is 18.6 Å². The molecule has 0 aliphatic heterocycles. The standard InChI is InChI=1S/C19H14F2O2/c1-23-17-9-5-3-7-13(17)19-15(21)11-10-14(20)18(19)12-6-2-4-8-16(12)22/h2-11,22H,1H3. The van der Waals surface area contributed by atoms with Gasteiger partial charge >= 0.3 is 0 Å². The van der Waals surface area contributed by atoms with Crippen LogP contribution < -0.4 is 4.74 Å². The van der Waals surface area contributed by atoms with Gasteiger partial charge in [0.15, 0.2) is 0 Å². The van der Waals surface area contributed by atoms with Crippen molar-refractivity contribution in [1.82, 2.24) is 0 Å². The van der Waals surface area contributed by atoms with Gasteiger partial charge in [0.25, 0.3) is 0 Å². The number of hydrogen-bond acceptors (Lipinski definition) is 2. The van der Waals surface area contributed by atoms with Crippen molar-refractivity contribution in [3.8, 4) is 33.8 Å². The third-order valence-corrected chi connectivity index (χ3v) is 3.65. The first kappa shape index (κ1) is 15.0. The average molecular weight is 312 g/mol. The van der Waals surface area contributed by atoms with Gasteiger partial charge < -0.3 is 9.84 Å². The van der Waals surface area contributed by atoms with Crippen LogP contribution in [0.1, 0.15) is 0 Å². The van der Waals surface area contributed by atoms with Crippen molar-refractivity contribution in [1.29, 1.82) is 0 Å². The van der Waals surface area contributed by atoms with Crippen LogP contribution >= 0.6 is 0 Å². The van der Waals surface area contributed by atoms with Gasteiger partial charge in [0.05, 0.1) is 7.11 Å². The average Bonchev–Trinajstić information content (AvgIpc) is 2.57. The zero-order chi connectivity index (χ0) is 16.4. The highest BCUT2D eigenvalue weighted by Crippen LogP contribution is 2.42. The van der Waals surface area contributed by atoms with E-state index in [1.165, 1.54) is 13.2 Å². The topological polar surface area (TPSA) is 29.5 Å². The molecule has 23 heavy (non-hydrogen) atoms. The van der Waals surface area contributed by atoms with Crippen LogP contribution in [0.25, 0.3) is 22.3 Å². The summed E-state index contributed by atoms with van der Waals surface area (Å²) in [6, 6.07) is 15.2. The molecule has 0 radical (unpaired) electrons. The molecule has 0 aliphatic rings. The lowest BCUT2D eigenvalue weighted by atomic mass is 9.92. The Kier molecular flexibility index (Phi) is 3.98. The van der Waals surface area contributed by atoms with E-state index < -0.39 is 11.6 Å². The molecule has 3 aromatic rings. The van der Waals surface area contributed by atoms with Crippen LogP contribution in [0.5, 0.6) is 11.5 Å². The first-order valence-electron chi connectivity index (χ1n) is 7.03. The molecule has 0 saturated heterocycles. The van der Waals surface area contributed by atoms with Crippen molar-refractivity contribution in [2.75, 3.05) is 7.11 Å². The van der Waals surface area contributed by atoms with E-state index in [4.69, 9.17) is 4.74 Å². The van der Waals surface area contributed by atoms with Gasteiger partial charge in [0, 0.05) is 22.3 Å². The lowest BCUT2D eigenvalue weighted by Crippen LogP contribution is -1.96. The number of halogens is 2. The lowest BCUT2D eigenvalue weighted by Gasteiger charge is -2.16. The van der Waals surface area contributed by atoms with Crippen molar-refractivity contribution in [2.24, 2.45) is 0 Å². The second-order valence-corrected chi connectivity index (χ2v) is 5.00. The number of ether oxygens (including phenoxy) is 1. The number of hydrogen-bond donors (Lipinski definition) is 1. The maximum absolute atomic E-state index is 14.5. The first-order valence-corrected chi connectivity index (χ1v) is 7.03. The van der Waals surface area contributed by atoms with E-state index in [9.17, 15) is 13.9 Å². The molecule has 116 valence electrons. The van der Waals surface area contributed by atoms with Crippen LogP contribution in [0.4, 0.5) is 8.78 Å². The highest BCUT2D eigenvalue weighted by atomic mass is 19.1. The lowest BCUT2D eigenvalue weighted by molar-refractivity contribution is 0.416. The third kappa shape index (κ3) is 2.63. The summed E-state index contributed by atoms with van der Waals surface area (Å²) < 4.78 is 34.3. The second kappa shape index (κ2) is 6.08. The zero-order valence-corrected chi connectivity index (χ0v) is 12.4. The molecule has 0 aromatic heterocycles. The van der Waals surface area contributed by atoms with E-state index in [2.05, 4.69) is 0 Å². The Morgan fingerprint density at radius 1 is 0.739 bits per heavy atom. The Bertz CT molecular complexity index is 860. The second-order valence-electron chi connectivity index (χ2n) is 5.00. The van der Waals surface area contributed by atoms with Gasteiger partial charge in [-0.2, -0.15) is 0 Å². The molecule has 0 fully saturated rings. The smallest absolute Gasteiger partial charge is 0.132 e. The molecule has 0 unspecified atom stereocenters. The summed E-state index contributed by atoms with van der Waals surface area (Å²) in [7, 11) is 1.47. The quantitative estimate of drug-likeness (QED) is 0.736. The van der Waals surface area contributed by atoms with E-state index in [0.29, 0.717) is 11.3 Å². The highest BCUT2D eigenvalue weighted by molar-refractivity contribution is 5.88. The fraction of sp³-hybridized carbons (Fsp3) is 0.0526. The number of rotatable bonds is 3. The van der Waals surface area contributed by atoms with Crippen molar-refractivity contribution in [3.05, 3.63) is 72.3 Å². The third-order valence-electron chi connectivity index (χ3n) is 3.65. The Balaban J connectivity index is 2.38. The monoisotopic (exact) mass is 312 g/mol. The minimum absolute atomic E-state index is 0.00704. The first-order chi connectivity index (χ1) is 11.1. The Hall–Kier alpha value is -2.88. The summed E-state index contributed by atoms with van der Waals surface area (Å²) in [6.45, 7) is 0. The number of benzene rings is 3. The van der Waals surface area contributed by atoms with E-state index in [1.54, 1.807) is 42.5 Å². The zero-order valence-electron chi connectivity index (χ0n) is 12.4. The van der Waals surface area contributed by atoms with Gasteiger partial charge in [-0.1, -0.05) is 36.4 Å². The number of para-hydroxylation sites is 2. The number of phenolic OH excluding ortho intramolecular Hbond substituents is 1. The van der Waals surface area contributed by atoms with Crippen LogP contribution in [0.15, 0.2) is 60.7 Å². The molecule has 0 spiro atoms. The fourth-order valence-electron chi connectivity index (χ4n) is 2.61. The summed E-state index contributed by atoms with van der Waals surface area (Å²) in [5.74, 6) is -0.898. The molecule has 0 bridgehead atoms. The maximum atomic E-state index is 14.5. The molecule has 3 rings (SSSR count). The minimum Gasteiger partial charge on any atom is -0.507 e. The van der Waals surface area contributed by atoms with E-state index >= 15 is 0 Å². The number of aromatic hydroxyl groups is 1. The van der Waals surface area contributed by atoms with Crippen molar-refractivity contribution in [2.45, 2.75) is 0 Å². The van der Waals surface area contributed by atoms with E-state index in [-0.39, 0.29) is 22.4 Å². The molecule has 4 heteroatoms. The Morgan fingerprint density at radius 3 is 1.87 bits per heavy atom. The molecular weight excluding hydrogens is 298 g/mol. The molecule has 0 amide bonds. The normalized spacial score (nSPS) is 10.6. The van der Waals surface area contributed by atoms with Gasteiger partial charge in [-0.25, -0.2) is 8.78 Å². The summed E-state index contributed by atoms with van der Waals surface area (Å²) >= 11 is 0. The molecule has 0 saturated carbocycles. The summed E-state index contributed by atoms with van der Waals surface area (Å²) in [5.41, 5.74) is 0.715. The Labute approximate surface area is 132 Å². The van der Waals surface area contributed by atoms with Gasteiger partial charge in [-0.05, 0) is 24.3 Å². The van der Waals surface area contributed by atoms with E-state index in [1.807, 2.05) is 0 Å². The molecule has 1 N–H and O–H groups in total. The van der Waals surface area contributed by atoms with Crippen LogP contribution in [0, 0.1) is 11.6 Å². The SMILES string of the molecule is COc1ccccc1-c1c(F)ccc(F)c1-c1ccccc1O. The van der Waals surface area contributed by atoms with Crippen LogP contribution in [0.2, 0.25) is 0 Å². The summed E-state index contributed by atoms with van der Waals surface area (Å²) in [4.78, 5) is 0. The van der Waals surface area contributed by atoms with Gasteiger partial charge in [0.2, 0.25) is 0 Å². The summed E-state index contributed by atoms with van der Waals surface area (Å²) in [5, 5.41) is 10.1. The largest absolute Gasteiger partial charge is 0.507 e. The Morgan fingerprint density at radius 2 is 1.26 bits per heavy atom. The van der Waals surface area contributed by atoms with Crippen LogP contribution in [-0.4, -0.2) is 12.2 Å². The fourth-order valence-corrected chi connectivity index (χ4v) is 2.61. The van der Waals surface area contributed by atoms with Gasteiger partial charge in [0.1, 0.15) is 23.1 Å². The number of methoxy groups -OCH3 is 1. The molecule has 0 heterocycles. The number of phenols is 1. The molecule has 0 aliphatic carbocycles. The summed E-state index contributed by atoms with van der Waals surface area (Å²) in [6.07, 6.45) is 0. The van der Waals surface area contributed by atoms with Crippen molar-refractivity contribution >= 4 is 0 Å². The minimum atomic E-state index is -0.617. The van der Waals surface area contributed by atoms with E-state index in [0.717, 1.165) is 12.1 Å². The maximum Gasteiger partial charge on any atom is 0.132 e. The van der Waals surface area contributed by atoms with Gasteiger partial charge in [-0.15, -0.1) is 0 Å². The highest BCUT2D eigenvalue weighted by Gasteiger charge is 2.21. The molecule has 3 aromatic carbocycles. The molecular formula is C19H14F2O2. The van der Waals surface area contributed by atoms with Gasteiger partial charge in [-0.3, -0.25) is 0 Å². The van der Waals surface area contributed by atoms with Crippen LogP contribution in [0.3, 0.4) is 0 Å². The molecule has 2 nitrogen and oxygen atoms in total. The molecule has 0 atom stereocenters. The predicted molar refractivity (Wildman–Crippen MR) is 85.4 cm³/mol. The predicted octanol–water partition coefficient (Wildman–Crippen LogP) is 5.01. The van der Waals surface area contributed by atoms with Crippen molar-refractivity contribution in [3.63, 3.8) is 0 Å².